The van der Waals surface area contributed by atoms with Crippen LogP contribution in [0, 0.1) is 0 Å². The lowest BCUT2D eigenvalue weighted by Crippen LogP contribution is -2.18. The molecule has 1 aromatic rings. The van der Waals surface area contributed by atoms with Crippen LogP contribution in [-0.2, 0) is 0 Å². The van der Waals surface area contributed by atoms with Gasteiger partial charge < -0.3 is 4.90 Å². The molecule has 1 fully saturated rings. The molecule has 1 saturated heterocycles. The standard InChI is InChI=1S/C10H14N2S/c1-13-10-6-4-5-9(11-10)12-7-2-3-8-12/h4-6H,2-3,7-8H2,1H3. The Hall–Kier alpha value is -0.700. The van der Waals surface area contributed by atoms with Gasteiger partial charge in [-0.15, -0.1) is 11.8 Å². The fourth-order valence-corrected chi connectivity index (χ4v) is 2.04. The molecule has 0 aliphatic carbocycles. The van der Waals surface area contributed by atoms with Crippen LogP contribution in [0.1, 0.15) is 12.8 Å². The van der Waals surface area contributed by atoms with E-state index in [9.17, 15) is 0 Å². The number of hydrogen-bond acceptors (Lipinski definition) is 3. The van der Waals surface area contributed by atoms with Crippen molar-refractivity contribution in [2.24, 2.45) is 0 Å². The highest BCUT2D eigenvalue weighted by Gasteiger charge is 2.12. The van der Waals surface area contributed by atoms with Gasteiger partial charge in [0.25, 0.3) is 0 Å². The fraction of sp³-hybridized carbons (Fsp3) is 0.500. The lowest BCUT2D eigenvalue weighted by atomic mass is 10.4. The molecule has 13 heavy (non-hydrogen) atoms. The lowest BCUT2D eigenvalue weighted by Gasteiger charge is -2.16. The second-order valence-corrected chi connectivity index (χ2v) is 4.06. The van der Waals surface area contributed by atoms with Gasteiger partial charge >= 0.3 is 0 Å². The van der Waals surface area contributed by atoms with Crippen molar-refractivity contribution in [1.82, 2.24) is 4.98 Å². The van der Waals surface area contributed by atoms with Crippen molar-refractivity contribution < 1.29 is 0 Å². The first-order valence-corrected chi connectivity index (χ1v) is 5.88. The summed E-state index contributed by atoms with van der Waals surface area (Å²) in [5.74, 6) is 1.14. The van der Waals surface area contributed by atoms with E-state index in [1.807, 2.05) is 0 Å². The summed E-state index contributed by atoms with van der Waals surface area (Å²) in [5.41, 5.74) is 0. The molecule has 1 aromatic heterocycles. The number of nitrogens with zero attached hydrogens (tertiary/aromatic N) is 2. The first-order chi connectivity index (χ1) is 6.40. The quantitative estimate of drug-likeness (QED) is 0.673. The van der Waals surface area contributed by atoms with Gasteiger partial charge in [0.15, 0.2) is 0 Å². The largest absolute Gasteiger partial charge is 0.357 e. The number of pyridine rings is 1. The Morgan fingerprint density at radius 1 is 1.31 bits per heavy atom. The molecule has 0 unspecified atom stereocenters. The number of aromatic nitrogens is 1. The smallest absolute Gasteiger partial charge is 0.129 e. The van der Waals surface area contributed by atoms with E-state index in [0.29, 0.717) is 0 Å². The molecule has 2 heterocycles. The van der Waals surface area contributed by atoms with E-state index >= 15 is 0 Å². The van der Waals surface area contributed by atoms with Crippen molar-refractivity contribution in [3.63, 3.8) is 0 Å². The Balaban J connectivity index is 2.18. The molecular formula is C10H14N2S. The highest BCUT2D eigenvalue weighted by atomic mass is 32.2. The summed E-state index contributed by atoms with van der Waals surface area (Å²) < 4.78 is 0. The molecule has 70 valence electrons. The van der Waals surface area contributed by atoms with Crippen molar-refractivity contribution in [3.05, 3.63) is 18.2 Å². The van der Waals surface area contributed by atoms with E-state index < -0.39 is 0 Å². The number of anilines is 1. The fourth-order valence-electron chi connectivity index (χ4n) is 1.64. The van der Waals surface area contributed by atoms with Crippen LogP contribution in [0.25, 0.3) is 0 Å². The summed E-state index contributed by atoms with van der Waals surface area (Å²) in [6.45, 7) is 2.34. The van der Waals surface area contributed by atoms with Crippen LogP contribution >= 0.6 is 11.8 Å². The molecule has 0 saturated carbocycles. The average Bonchev–Trinajstić information content (AvgIpc) is 2.71. The molecule has 0 N–H and O–H groups in total. The minimum absolute atomic E-state index is 1.12. The van der Waals surface area contributed by atoms with Crippen LogP contribution in [0.3, 0.4) is 0 Å². The molecule has 1 aliphatic rings. The van der Waals surface area contributed by atoms with Crippen molar-refractivity contribution >= 4 is 17.6 Å². The molecule has 2 nitrogen and oxygen atoms in total. The van der Waals surface area contributed by atoms with Crippen LogP contribution in [0.4, 0.5) is 5.82 Å². The maximum absolute atomic E-state index is 4.56. The molecule has 0 atom stereocenters. The van der Waals surface area contributed by atoms with Crippen molar-refractivity contribution in [3.8, 4) is 0 Å². The lowest BCUT2D eigenvalue weighted by molar-refractivity contribution is 0.917. The molecule has 0 spiro atoms. The van der Waals surface area contributed by atoms with E-state index in [-0.39, 0.29) is 0 Å². The minimum Gasteiger partial charge on any atom is -0.357 e. The van der Waals surface area contributed by atoms with Gasteiger partial charge in [-0.3, -0.25) is 0 Å². The zero-order valence-electron chi connectivity index (χ0n) is 7.86. The molecule has 0 radical (unpaired) electrons. The molecule has 0 bridgehead atoms. The van der Waals surface area contributed by atoms with Crippen molar-refractivity contribution in [2.45, 2.75) is 17.9 Å². The van der Waals surface area contributed by atoms with Crippen LogP contribution in [0.2, 0.25) is 0 Å². The highest BCUT2D eigenvalue weighted by molar-refractivity contribution is 7.98. The zero-order chi connectivity index (χ0) is 9.10. The highest BCUT2D eigenvalue weighted by Crippen LogP contribution is 2.20. The van der Waals surface area contributed by atoms with Crippen LogP contribution in [0.5, 0.6) is 0 Å². The molecule has 0 amide bonds. The normalized spacial score (nSPS) is 16.5. The zero-order valence-corrected chi connectivity index (χ0v) is 8.68. The number of hydrogen-bond donors (Lipinski definition) is 0. The maximum Gasteiger partial charge on any atom is 0.129 e. The second kappa shape index (κ2) is 4.01. The van der Waals surface area contributed by atoms with E-state index in [1.54, 1.807) is 11.8 Å². The van der Waals surface area contributed by atoms with Gasteiger partial charge in [-0.2, -0.15) is 0 Å². The third-order valence-corrected chi connectivity index (χ3v) is 2.99. The summed E-state index contributed by atoms with van der Waals surface area (Å²) in [5, 5.41) is 1.12. The van der Waals surface area contributed by atoms with E-state index in [2.05, 4.69) is 34.3 Å². The molecular weight excluding hydrogens is 180 g/mol. The summed E-state index contributed by atoms with van der Waals surface area (Å²) in [7, 11) is 0. The Morgan fingerprint density at radius 2 is 2.08 bits per heavy atom. The van der Waals surface area contributed by atoms with Crippen LogP contribution in [-0.4, -0.2) is 24.3 Å². The van der Waals surface area contributed by atoms with E-state index in [4.69, 9.17) is 0 Å². The second-order valence-electron chi connectivity index (χ2n) is 3.23. The summed E-state index contributed by atoms with van der Waals surface area (Å²) in [6.07, 6.45) is 4.69. The van der Waals surface area contributed by atoms with E-state index in [1.165, 1.54) is 25.9 Å². The third kappa shape index (κ3) is 1.97. The van der Waals surface area contributed by atoms with E-state index in [0.717, 1.165) is 10.8 Å². The van der Waals surface area contributed by atoms with Crippen LogP contribution < -0.4 is 4.90 Å². The Labute approximate surface area is 83.4 Å². The summed E-state index contributed by atoms with van der Waals surface area (Å²) in [6, 6.07) is 6.25. The summed E-state index contributed by atoms with van der Waals surface area (Å²) >= 11 is 1.70. The third-order valence-electron chi connectivity index (χ3n) is 2.35. The van der Waals surface area contributed by atoms with Gasteiger partial charge in [-0.1, -0.05) is 6.07 Å². The number of thioether (sulfide) groups is 1. The Morgan fingerprint density at radius 3 is 2.77 bits per heavy atom. The first-order valence-electron chi connectivity index (χ1n) is 4.66. The van der Waals surface area contributed by atoms with Crippen LogP contribution in [0.15, 0.2) is 23.2 Å². The Bertz CT molecular complexity index is 282. The van der Waals surface area contributed by atoms with Crippen molar-refractivity contribution in [1.29, 1.82) is 0 Å². The predicted molar refractivity (Wildman–Crippen MR) is 57.5 cm³/mol. The molecule has 0 aromatic carbocycles. The van der Waals surface area contributed by atoms with Gasteiger partial charge in [0, 0.05) is 13.1 Å². The molecule has 1 aliphatic heterocycles. The average molecular weight is 194 g/mol. The maximum atomic E-state index is 4.56. The predicted octanol–water partition coefficient (Wildman–Crippen LogP) is 2.40. The van der Waals surface area contributed by atoms with Gasteiger partial charge in [-0.05, 0) is 31.2 Å². The number of rotatable bonds is 2. The Kier molecular flexibility index (Phi) is 2.74. The van der Waals surface area contributed by atoms with Crippen molar-refractivity contribution in [2.75, 3.05) is 24.2 Å². The van der Waals surface area contributed by atoms with Gasteiger partial charge in [-0.25, -0.2) is 4.98 Å². The van der Waals surface area contributed by atoms with Gasteiger partial charge in [0.05, 0.1) is 5.03 Å². The molecule has 3 heteroatoms. The minimum atomic E-state index is 1.12. The molecule has 2 rings (SSSR count). The monoisotopic (exact) mass is 194 g/mol. The topological polar surface area (TPSA) is 16.1 Å². The first kappa shape index (κ1) is 8.88. The SMILES string of the molecule is CSc1cccc(N2CCCC2)n1. The van der Waals surface area contributed by atoms with Gasteiger partial charge in [0.2, 0.25) is 0 Å². The van der Waals surface area contributed by atoms with Gasteiger partial charge in [0.1, 0.15) is 5.82 Å². The summed E-state index contributed by atoms with van der Waals surface area (Å²) in [4.78, 5) is 6.92.